The van der Waals surface area contributed by atoms with Gasteiger partial charge in [0, 0.05) is 36.9 Å². The highest BCUT2D eigenvalue weighted by molar-refractivity contribution is 7.42. The first-order chi connectivity index (χ1) is 19.1. The first-order valence-electron chi connectivity index (χ1n) is 13.8. The Morgan fingerprint density at radius 1 is 1.18 bits per heavy atom. The number of nitrogens with zero attached hydrogens (tertiary/aromatic N) is 1. The van der Waals surface area contributed by atoms with E-state index in [4.69, 9.17) is 14.2 Å². The summed E-state index contributed by atoms with van der Waals surface area (Å²) in [7, 11) is -2.42. The van der Waals surface area contributed by atoms with Gasteiger partial charge in [0.15, 0.2) is 7.95 Å². The summed E-state index contributed by atoms with van der Waals surface area (Å²) in [4.78, 5) is 36.1. The van der Waals surface area contributed by atoms with E-state index in [0.717, 1.165) is 34.2 Å². The zero-order valence-electron chi connectivity index (χ0n) is 24.5. The van der Waals surface area contributed by atoms with Crippen LogP contribution in [-0.4, -0.2) is 72.8 Å². The summed E-state index contributed by atoms with van der Waals surface area (Å²) in [6.07, 6.45) is 3.57. The van der Waals surface area contributed by atoms with Crippen molar-refractivity contribution < 1.29 is 38.3 Å². The number of fused-ring (bicyclic) bond motifs is 1. The summed E-state index contributed by atoms with van der Waals surface area (Å²) < 4.78 is 29.7. The molecule has 0 fully saturated rings. The van der Waals surface area contributed by atoms with Crippen LogP contribution >= 0.6 is 7.95 Å². The molecule has 40 heavy (non-hydrogen) atoms. The van der Waals surface area contributed by atoms with Crippen molar-refractivity contribution in [3.8, 4) is 5.75 Å². The molecule has 0 spiro atoms. The van der Waals surface area contributed by atoms with Crippen molar-refractivity contribution in [2.24, 2.45) is 0 Å². The largest absolute Gasteiger partial charge is 0.507 e. The summed E-state index contributed by atoms with van der Waals surface area (Å²) in [5.41, 5.74) is 7.76. The van der Waals surface area contributed by atoms with Gasteiger partial charge in [-0.15, -0.1) is 0 Å². The molecule has 0 aromatic heterocycles. The van der Waals surface area contributed by atoms with Gasteiger partial charge in [0.2, 0.25) is 0 Å². The van der Waals surface area contributed by atoms with E-state index in [0.29, 0.717) is 25.7 Å². The number of ether oxygens (including phenoxy) is 3. The number of aromatic hydroxyl groups is 1. The lowest BCUT2D eigenvalue weighted by Gasteiger charge is -2.27. The van der Waals surface area contributed by atoms with Crippen molar-refractivity contribution >= 4 is 25.9 Å². The smallest absolute Gasteiger partial charge is 0.342 e. The minimum atomic E-state index is -2.42. The Morgan fingerprint density at radius 2 is 1.88 bits per heavy atom. The van der Waals surface area contributed by atoms with Gasteiger partial charge in [0.1, 0.15) is 24.0 Å². The van der Waals surface area contributed by atoms with Gasteiger partial charge in [-0.3, -0.25) is 9.59 Å². The maximum absolute atomic E-state index is 13.1. The molecule has 2 rings (SSSR count). The molecule has 0 aliphatic carbocycles. The Morgan fingerprint density at radius 3 is 2.52 bits per heavy atom. The van der Waals surface area contributed by atoms with Crippen molar-refractivity contribution in [3.05, 3.63) is 39.5 Å². The lowest BCUT2D eigenvalue weighted by atomic mass is 9.89. The first kappa shape index (κ1) is 33.5. The molecular formula is C28H44N3O8P. The second-order valence-corrected chi connectivity index (χ2v) is 11.3. The Labute approximate surface area is 237 Å². The Bertz CT molecular complexity index is 1120. The van der Waals surface area contributed by atoms with E-state index in [2.05, 4.69) is 10.7 Å². The normalized spacial score (nSPS) is 14.6. The summed E-state index contributed by atoms with van der Waals surface area (Å²) in [5, 5.41) is 14.1. The number of hydrogen-bond acceptors (Lipinski definition) is 10. The summed E-state index contributed by atoms with van der Waals surface area (Å²) in [6.45, 7) is 12.8. The third-order valence-corrected chi connectivity index (χ3v) is 8.53. The van der Waals surface area contributed by atoms with Crippen LogP contribution < -0.4 is 10.7 Å². The zero-order valence-corrected chi connectivity index (χ0v) is 25.5. The molecule has 0 radical (unpaired) electrons. The Balaban J connectivity index is 1.96. The molecule has 1 aliphatic heterocycles. The van der Waals surface area contributed by atoms with Crippen LogP contribution in [0.2, 0.25) is 0 Å². The number of hydrazine groups is 1. The predicted octanol–water partition coefficient (Wildman–Crippen LogP) is 3.20. The minimum Gasteiger partial charge on any atom is -0.507 e. The number of rotatable bonds is 17. The predicted molar refractivity (Wildman–Crippen MR) is 153 cm³/mol. The number of carbonyl (C=O) groups is 3. The van der Waals surface area contributed by atoms with Gasteiger partial charge in [0.25, 0.3) is 0 Å². The highest BCUT2D eigenvalue weighted by atomic mass is 31.1. The average molecular weight is 582 g/mol. The highest BCUT2D eigenvalue weighted by Crippen LogP contribution is 2.38. The van der Waals surface area contributed by atoms with E-state index in [1.54, 1.807) is 20.8 Å². The number of phenols is 1. The fourth-order valence-electron chi connectivity index (χ4n) is 4.61. The van der Waals surface area contributed by atoms with Crippen LogP contribution in [0.5, 0.6) is 5.75 Å². The van der Waals surface area contributed by atoms with E-state index in [9.17, 15) is 24.1 Å². The Kier molecular flexibility index (Phi) is 13.8. The van der Waals surface area contributed by atoms with Crippen LogP contribution in [0.1, 0.15) is 73.7 Å². The van der Waals surface area contributed by atoms with Gasteiger partial charge in [-0.05, 0) is 58.6 Å². The van der Waals surface area contributed by atoms with Crippen molar-refractivity contribution in [3.63, 3.8) is 0 Å². The van der Waals surface area contributed by atoms with Gasteiger partial charge < -0.3 is 29.2 Å². The van der Waals surface area contributed by atoms with Crippen molar-refractivity contribution in [1.29, 1.82) is 0 Å². The third kappa shape index (κ3) is 8.89. The maximum atomic E-state index is 13.1. The van der Waals surface area contributed by atoms with Gasteiger partial charge in [-0.2, -0.15) is 4.78 Å². The van der Waals surface area contributed by atoms with Crippen LogP contribution in [0.15, 0.2) is 11.6 Å². The SMILES string of the molecule is CCOC(=O)CCNN(C(C)C(=O)OCC)[PH](=O)CCNCC(C)=CCc1c(O)c2c(c(C)c1CC)COC2=O. The molecular weight excluding hydrogens is 537 g/mol. The van der Waals surface area contributed by atoms with E-state index in [1.165, 1.54) is 4.78 Å². The van der Waals surface area contributed by atoms with Crippen molar-refractivity contribution in [1.82, 2.24) is 15.5 Å². The number of benzene rings is 1. The van der Waals surface area contributed by atoms with E-state index >= 15 is 0 Å². The summed E-state index contributed by atoms with van der Waals surface area (Å²) in [6, 6.07) is -0.788. The molecule has 1 heterocycles. The van der Waals surface area contributed by atoms with Crippen LogP contribution in [-0.2, 0) is 47.8 Å². The summed E-state index contributed by atoms with van der Waals surface area (Å²) >= 11 is 0. The van der Waals surface area contributed by atoms with Crippen LogP contribution in [0, 0.1) is 6.92 Å². The third-order valence-electron chi connectivity index (χ3n) is 6.77. The minimum absolute atomic E-state index is 0.00169. The fourth-order valence-corrected chi connectivity index (χ4v) is 6.07. The molecule has 0 saturated carbocycles. The second kappa shape index (κ2) is 16.5. The molecule has 0 bridgehead atoms. The van der Waals surface area contributed by atoms with Crippen molar-refractivity contribution in [2.75, 3.05) is 39.0 Å². The fraction of sp³-hybridized carbons (Fsp3) is 0.607. The lowest BCUT2D eigenvalue weighted by Crippen LogP contribution is -2.45. The summed E-state index contributed by atoms with van der Waals surface area (Å²) in [5.74, 6) is -1.36. The zero-order chi connectivity index (χ0) is 29.8. The van der Waals surface area contributed by atoms with Crippen molar-refractivity contribution in [2.45, 2.75) is 73.5 Å². The van der Waals surface area contributed by atoms with E-state index < -0.39 is 25.9 Å². The quantitative estimate of drug-likeness (QED) is 0.0623. The molecule has 2 unspecified atom stereocenters. The molecule has 1 aromatic rings. The molecule has 1 aromatic carbocycles. The average Bonchev–Trinajstić information content (AvgIpc) is 3.32. The van der Waals surface area contributed by atoms with Gasteiger partial charge in [-0.25, -0.2) is 10.2 Å². The number of cyclic esters (lactones) is 1. The molecule has 1 aliphatic rings. The number of nitrogens with one attached hydrogen (secondary N) is 2. The molecule has 224 valence electrons. The van der Waals surface area contributed by atoms with Crippen LogP contribution in [0.25, 0.3) is 0 Å². The molecule has 2 atom stereocenters. The molecule has 11 nitrogen and oxygen atoms in total. The highest BCUT2D eigenvalue weighted by Gasteiger charge is 2.31. The molecule has 0 saturated heterocycles. The topological polar surface area (TPSA) is 144 Å². The molecule has 3 N–H and O–H groups in total. The second-order valence-electron chi connectivity index (χ2n) is 9.55. The number of phenolic OH excluding ortho intramolecular Hbond substituents is 1. The van der Waals surface area contributed by atoms with Crippen LogP contribution in [0.3, 0.4) is 0 Å². The van der Waals surface area contributed by atoms with Gasteiger partial charge in [-0.1, -0.05) is 18.6 Å². The van der Waals surface area contributed by atoms with Gasteiger partial charge in [0.05, 0.1) is 19.6 Å². The maximum Gasteiger partial charge on any atom is 0.342 e. The monoisotopic (exact) mass is 581 g/mol. The van der Waals surface area contributed by atoms with E-state index in [1.807, 2.05) is 26.8 Å². The number of allylic oxidation sites excluding steroid dienone is 1. The standard InChI is InChI=1S/C28H44N3O8P/c1-7-21-19(5)23-17-39-28(35)25(23)26(33)22(21)11-10-18(4)16-29-14-15-40(36)31(20(6)27(34)38-9-3)30-13-12-24(32)37-8-2/h10,20,29-30,33,40H,7-9,11-17H2,1-6H3. The lowest BCUT2D eigenvalue weighted by molar-refractivity contribution is -0.147. The number of carbonyl (C=O) groups excluding carboxylic acids is 3. The van der Waals surface area contributed by atoms with Crippen LogP contribution in [0.4, 0.5) is 0 Å². The number of hydrogen-bond donors (Lipinski definition) is 3. The molecule has 12 heteroatoms. The Hall–Kier alpha value is -2.72. The van der Waals surface area contributed by atoms with E-state index in [-0.39, 0.29) is 50.1 Å². The number of esters is 3. The first-order valence-corrected chi connectivity index (χ1v) is 15.4. The molecule has 0 amide bonds. The van der Waals surface area contributed by atoms with Gasteiger partial charge >= 0.3 is 17.9 Å².